The normalized spacial score (nSPS) is 12.2. The van der Waals surface area contributed by atoms with Gasteiger partial charge in [-0.05, 0) is 13.8 Å². The fourth-order valence-corrected chi connectivity index (χ4v) is 1.11. The molecule has 0 aliphatic carbocycles. The number of nitrogen functional groups attached to an aromatic ring is 1. The molecular weight excluding hydrogens is 222 g/mol. The van der Waals surface area contributed by atoms with Crippen LogP contribution in [0.1, 0.15) is 13.8 Å². The van der Waals surface area contributed by atoms with Crippen LogP contribution in [0.3, 0.4) is 0 Å². The lowest BCUT2D eigenvalue weighted by molar-refractivity contribution is 0.0607. The Morgan fingerprint density at radius 3 is 2.59 bits per heavy atom. The second-order valence-corrected chi connectivity index (χ2v) is 3.76. The zero-order chi connectivity index (χ0) is 12.8. The maximum atomic E-state index is 5.57. The fraction of sp³-hybridized carbons (Fsp3) is 0.700. The van der Waals surface area contributed by atoms with Gasteiger partial charge in [-0.2, -0.15) is 15.0 Å². The van der Waals surface area contributed by atoms with Crippen LogP contribution in [0.2, 0.25) is 0 Å². The van der Waals surface area contributed by atoms with E-state index in [9.17, 15) is 0 Å². The van der Waals surface area contributed by atoms with Crippen molar-refractivity contribution in [2.45, 2.75) is 20.0 Å². The highest BCUT2D eigenvalue weighted by atomic mass is 16.5. The highest BCUT2D eigenvalue weighted by molar-refractivity contribution is 5.33. The van der Waals surface area contributed by atoms with Gasteiger partial charge in [0.05, 0.1) is 6.61 Å². The molecular formula is C10H19N5O2. The van der Waals surface area contributed by atoms with Crippen molar-refractivity contribution in [3.8, 4) is 6.01 Å². The molecule has 7 heteroatoms. The molecule has 0 amide bonds. The summed E-state index contributed by atoms with van der Waals surface area (Å²) in [5.41, 5.74) is 5.57. The first-order valence-electron chi connectivity index (χ1n) is 5.46. The third kappa shape index (κ3) is 4.39. The molecule has 0 radical (unpaired) electrons. The number of hydrogen-bond donors (Lipinski definition) is 1. The number of nitrogens with two attached hydrogens (primary N) is 1. The first kappa shape index (κ1) is 13.4. The van der Waals surface area contributed by atoms with Gasteiger partial charge in [-0.15, -0.1) is 0 Å². The molecule has 7 nitrogen and oxygen atoms in total. The summed E-state index contributed by atoms with van der Waals surface area (Å²) in [4.78, 5) is 13.7. The molecule has 0 fully saturated rings. The number of rotatable bonds is 6. The molecule has 0 aliphatic rings. The lowest BCUT2D eigenvalue weighted by atomic mass is 10.4. The molecule has 1 rings (SSSR count). The van der Waals surface area contributed by atoms with Crippen LogP contribution in [-0.4, -0.2) is 48.4 Å². The lowest BCUT2D eigenvalue weighted by Crippen LogP contribution is -2.22. The Hall–Kier alpha value is -1.63. The van der Waals surface area contributed by atoms with Crippen molar-refractivity contribution in [2.24, 2.45) is 0 Å². The van der Waals surface area contributed by atoms with Gasteiger partial charge < -0.3 is 20.1 Å². The van der Waals surface area contributed by atoms with Crippen LogP contribution in [0, 0.1) is 0 Å². The lowest BCUT2D eigenvalue weighted by Gasteiger charge is -2.15. The van der Waals surface area contributed by atoms with E-state index < -0.39 is 0 Å². The van der Waals surface area contributed by atoms with Crippen molar-refractivity contribution in [1.82, 2.24) is 15.0 Å². The Kier molecular flexibility index (Phi) is 4.89. The van der Waals surface area contributed by atoms with Crippen molar-refractivity contribution < 1.29 is 9.47 Å². The molecule has 0 bridgehead atoms. The smallest absolute Gasteiger partial charge is 0.323 e. The van der Waals surface area contributed by atoms with Crippen LogP contribution in [0.15, 0.2) is 0 Å². The average molecular weight is 241 g/mol. The maximum Gasteiger partial charge on any atom is 0.323 e. The average Bonchev–Trinajstić information content (AvgIpc) is 2.25. The molecule has 0 saturated heterocycles. The Morgan fingerprint density at radius 2 is 2.00 bits per heavy atom. The van der Waals surface area contributed by atoms with Gasteiger partial charge in [-0.25, -0.2) is 0 Å². The fourth-order valence-electron chi connectivity index (χ4n) is 1.11. The van der Waals surface area contributed by atoms with Crippen molar-refractivity contribution >= 4 is 11.9 Å². The number of nitrogens with zero attached hydrogens (tertiary/aromatic N) is 4. The van der Waals surface area contributed by atoms with Gasteiger partial charge in [0.2, 0.25) is 11.9 Å². The van der Waals surface area contributed by atoms with Gasteiger partial charge >= 0.3 is 6.01 Å². The van der Waals surface area contributed by atoms with Crippen molar-refractivity contribution in [3.05, 3.63) is 0 Å². The van der Waals surface area contributed by atoms with E-state index >= 15 is 0 Å². The van der Waals surface area contributed by atoms with Crippen LogP contribution in [0.25, 0.3) is 0 Å². The zero-order valence-electron chi connectivity index (χ0n) is 10.7. The van der Waals surface area contributed by atoms with E-state index in [1.165, 1.54) is 0 Å². The number of ether oxygens (including phenoxy) is 2. The molecule has 0 spiro atoms. The van der Waals surface area contributed by atoms with Gasteiger partial charge in [-0.1, -0.05) is 0 Å². The van der Waals surface area contributed by atoms with E-state index in [1.807, 2.05) is 27.9 Å². The maximum absolute atomic E-state index is 5.57. The van der Waals surface area contributed by atoms with Gasteiger partial charge in [0.25, 0.3) is 0 Å². The number of anilines is 2. The SMILES string of the molecule is CCOCC(C)Oc1nc(N)nc(N(C)C)n1. The molecule has 17 heavy (non-hydrogen) atoms. The minimum atomic E-state index is -0.133. The summed E-state index contributed by atoms with van der Waals surface area (Å²) in [6.45, 7) is 4.94. The van der Waals surface area contributed by atoms with E-state index in [1.54, 1.807) is 4.90 Å². The van der Waals surface area contributed by atoms with Crippen LogP contribution in [0.5, 0.6) is 6.01 Å². The van der Waals surface area contributed by atoms with E-state index in [0.29, 0.717) is 19.2 Å². The third-order valence-electron chi connectivity index (χ3n) is 1.88. The van der Waals surface area contributed by atoms with E-state index in [2.05, 4.69) is 15.0 Å². The van der Waals surface area contributed by atoms with Gasteiger partial charge in [0.1, 0.15) is 6.10 Å². The van der Waals surface area contributed by atoms with Gasteiger partial charge in [-0.3, -0.25) is 0 Å². The monoisotopic (exact) mass is 241 g/mol. The first-order chi connectivity index (χ1) is 8.02. The van der Waals surface area contributed by atoms with Gasteiger partial charge in [0.15, 0.2) is 0 Å². The number of hydrogen-bond acceptors (Lipinski definition) is 7. The Bertz CT molecular complexity index is 359. The summed E-state index contributed by atoms with van der Waals surface area (Å²) in [6.07, 6.45) is -0.133. The molecule has 96 valence electrons. The second kappa shape index (κ2) is 6.19. The van der Waals surface area contributed by atoms with Crippen LogP contribution in [-0.2, 0) is 4.74 Å². The minimum absolute atomic E-state index is 0.133. The molecule has 0 aromatic carbocycles. The molecule has 1 unspecified atom stereocenters. The first-order valence-corrected chi connectivity index (χ1v) is 5.46. The Balaban J connectivity index is 2.70. The summed E-state index contributed by atoms with van der Waals surface area (Å²) >= 11 is 0. The third-order valence-corrected chi connectivity index (χ3v) is 1.88. The van der Waals surface area contributed by atoms with Crippen LogP contribution < -0.4 is 15.4 Å². The van der Waals surface area contributed by atoms with Crippen molar-refractivity contribution in [2.75, 3.05) is 37.9 Å². The standard InChI is InChI=1S/C10H19N5O2/c1-5-16-6-7(2)17-10-13-8(11)12-9(14-10)15(3)4/h7H,5-6H2,1-4H3,(H2,11,12,13,14). The highest BCUT2D eigenvalue weighted by Gasteiger charge is 2.10. The van der Waals surface area contributed by atoms with E-state index in [-0.39, 0.29) is 18.1 Å². The predicted octanol–water partition coefficient (Wildman–Crippen LogP) is 0.324. The molecule has 2 N–H and O–H groups in total. The summed E-state index contributed by atoms with van der Waals surface area (Å²) in [5, 5.41) is 0. The van der Waals surface area contributed by atoms with E-state index in [4.69, 9.17) is 15.2 Å². The predicted molar refractivity (Wildman–Crippen MR) is 65.1 cm³/mol. The Morgan fingerprint density at radius 1 is 1.29 bits per heavy atom. The van der Waals surface area contributed by atoms with E-state index in [0.717, 1.165) is 0 Å². The highest BCUT2D eigenvalue weighted by Crippen LogP contribution is 2.12. The largest absolute Gasteiger partial charge is 0.458 e. The molecule has 0 aliphatic heterocycles. The molecule has 1 heterocycles. The quantitative estimate of drug-likeness (QED) is 0.767. The zero-order valence-corrected chi connectivity index (χ0v) is 10.7. The molecule has 1 aromatic heterocycles. The van der Waals surface area contributed by atoms with Crippen LogP contribution >= 0.6 is 0 Å². The molecule has 1 aromatic rings. The Labute approximate surface area is 101 Å². The van der Waals surface area contributed by atoms with Crippen molar-refractivity contribution in [1.29, 1.82) is 0 Å². The summed E-state index contributed by atoms with van der Waals surface area (Å²) < 4.78 is 10.7. The summed E-state index contributed by atoms with van der Waals surface area (Å²) in [6, 6.07) is 0.216. The minimum Gasteiger partial charge on any atom is -0.458 e. The second-order valence-electron chi connectivity index (χ2n) is 3.76. The summed E-state index contributed by atoms with van der Waals surface area (Å²) in [7, 11) is 3.64. The van der Waals surface area contributed by atoms with Crippen molar-refractivity contribution in [3.63, 3.8) is 0 Å². The molecule has 1 atom stereocenters. The van der Waals surface area contributed by atoms with Gasteiger partial charge in [0, 0.05) is 20.7 Å². The topological polar surface area (TPSA) is 86.4 Å². The van der Waals surface area contributed by atoms with Crippen LogP contribution in [0.4, 0.5) is 11.9 Å². The molecule has 0 saturated carbocycles. The number of aromatic nitrogens is 3. The summed E-state index contributed by atoms with van der Waals surface area (Å²) in [5.74, 6) is 0.610.